The molecule has 0 spiro atoms. The predicted molar refractivity (Wildman–Crippen MR) is 56.1 cm³/mol. The highest BCUT2D eigenvalue weighted by Gasteiger charge is 1.98. The van der Waals surface area contributed by atoms with E-state index in [0.29, 0.717) is 6.54 Å². The molecule has 0 aliphatic carbocycles. The maximum Gasteiger partial charge on any atom is 0.343 e. The number of rotatable bonds is 2. The summed E-state index contributed by atoms with van der Waals surface area (Å²) in [6, 6.07) is 7.81. The van der Waals surface area contributed by atoms with Gasteiger partial charge in [-0.05, 0) is 17.7 Å². The molecule has 1 N–H and O–H groups in total. The van der Waals surface area contributed by atoms with Gasteiger partial charge in [0.05, 0.1) is 6.54 Å². The summed E-state index contributed by atoms with van der Waals surface area (Å²) in [4.78, 5) is 11.1. The van der Waals surface area contributed by atoms with Crippen LogP contribution in [0.1, 0.15) is 5.56 Å². The van der Waals surface area contributed by atoms with Crippen molar-refractivity contribution in [2.45, 2.75) is 6.54 Å². The van der Waals surface area contributed by atoms with Crippen LogP contribution in [-0.2, 0) is 6.54 Å². The van der Waals surface area contributed by atoms with E-state index < -0.39 is 0 Å². The molecule has 0 atom stereocenters. The molecule has 0 aliphatic heterocycles. The van der Waals surface area contributed by atoms with Gasteiger partial charge in [-0.2, -0.15) is 5.10 Å². The Hall–Kier alpha value is -1.36. The van der Waals surface area contributed by atoms with Crippen molar-refractivity contribution in [1.82, 2.24) is 14.8 Å². The van der Waals surface area contributed by atoms with Crippen LogP contribution in [0.15, 0.2) is 39.9 Å². The van der Waals surface area contributed by atoms with Gasteiger partial charge in [0.25, 0.3) is 0 Å². The quantitative estimate of drug-likeness (QED) is 0.880. The number of halogens is 1. The molecule has 0 fully saturated rings. The van der Waals surface area contributed by atoms with Crippen LogP contribution in [0.4, 0.5) is 0 Å². The van der Waals surface area contributed by atoms with Crippen molar-refractivity contribution in [2.75, 3.05) is 0 Å². The van der Waals surface area contributed by atoms with Crippen LogP contribution in [0, 0.1) is 0 Å². The lowest BCUT2D eigenvalue weighted by atomic mass is 10.2. The average Bonchev–Trinajstić information content (AvgIpc) is 2.56. The molecule has 2 rings (SSSR count). The van der Waals surface area contributed by atoms with Gasteiger partial charge >= 0.3 is 5.69 Å². The first-order valence-electron chi connectivity index (χ1n) is 4.10. The van der Waals surface area contributed by atoms with Crippen LogP contribution in [0.2, 0.25) is 0 Å². The Morgan fingerprint density at radius 2 is 2.07 bits per heavy atom. The monoisotopic (exact) mass is 253 g/mol. The smallest absolute Gasteiger partial charge is 0.277 e. The standard InChI is InChI=1S/C9H8BrN3O/c10-8-3-1-7(2-4-8)5-13-6-11-12-9(13)14/h1-4,6H,5H2,(H,12,14). The maximum atomic E-state index is 11.1. The summed E-state index contributed by atoms with van der Waals surface area (Å²) < 4.78 is 2.55. The summed E-state index contributed by atoms with van der Waals surface area (Å²) in [6.07, 6.45) is 1.49. The molecule has 72 valence electrons. The Morgan fingerprint density at radius 3 is 2.64 bits per heavy atom. The molecule has 0 bridgehead atoms. The van der Waals surface area contributed by atoms with Crippen molar-refractivity contribution in [3.63, 3.8) is 0 Å². The minimum absolute atomic E-state index is 0.187. The molecule has 5 heteroatoms. The van der Waals surface area contributed by atoms with Gasteiger partial charge in [0.2, 0.25) is 0 Å². The summed E-state index contributed by atoms with van der Waals surface area (Å²) in [7, 11) is 0. The van der Waals surface area contributed by atoms with Crippen LogP contribution >= 0.6 is 15.9 Å². The molecule has 14 heavy (non-hydrogen) atoms. The largest absolute Gasteiger partial charge is 0.343 e. The first kappa shape index (κ1) is 9.21. The van der Waals surface area contributed by atoms with Crippen molar-refractivity contribution in [1.29, 1.82) is 0 Å². The van der Waals surface area contributed by atoms with Gasteiger partial charge in [0.15, 0.2) is 0 Å². The fourth-order valence-electron chi connectivity index (χ4n) is 1.17. The predicted octanol–water partition coefficient (Wildman–Crippen LogP) is 1.38. The van der Waals surface area contributed by atoms with Gasteiger partial charge in [-0.25, -0.2) is 9.89 Å². The molecular weight excluding hydrogens is 246 g/mol. The Bertz CT molecular complexity index is 471. The Kier molecular flexibility index (Phi) is 2.49. The maximum absolute atomic E-state index is 11.1. The zero-order valence-corrected chi connectivity index (χ0v) is 8.86. The fourth-order valence-corrected chi connectivity index (χ4v) is 1.43. The Labute approximate surface area is 88.7 Å². The third-order valence-electron chi connectivity index (χ3n) is 1.88. The van der Waals surface area contributed by atoms with E-state index in [2.05, 4.69) is 26.1 Å². The third-order valence-corrected chi connectivity index (χ3v) is 2.41. The molecule has 1 aromatic heterocycles. The van der Waals surface area contributed by atoms with Crippen LogP contribution < -0.4 is 5.69 Å². The van der Waals surface area contributed by atoms with E-state index in [-0.39, 0.29) is 5.69 Å². The second-order valence-electron chi connectivity index (χ2n) is 2.92. The highest BCUT2D eigenvalue weighted by molar-refractivity contribution is 9.10. The molecular formula is C9H8BrN3O. The first-order valence-corrected chi connectivity index (χ1v) is 4.89. The first-order chi connectivity index (χ1) is 6.75. The Morgan fingerprint density at radius 1 is 1.36 bits per heavy atom. The van der Waals surface area contributed by atoms with Gasteiger partial charge in [-0.3, -0.25) is 4.57 Å². The number of hydrogen-bond acceptors (Lipinski definition) is 2. The molecule has 0 saturated carbocycles. The number of aromatic amines is 1. The molecule has 0 unspecified atom stereocenters. The van der Waals surface area contributed by atoms with E-state index in [4.69, 9.17) is 0 Å². The van der Waals surface area contributed by atoms with E-state index in [1.807, 2.05) is 24.3 Å². The second-order valence-corrected chi connectivity index (χ2v) is 3.83. The second kappa shape index (κ2) is 3.79. The van der Waals surface area contributed by atoms with Gasteiger partial charge in [0, 0.05) is 4.47 Å². The molecule has 0 amide bonds. The molecule has 1 heterocycles. The highest BCUT2D eigenvalue weighted by atomic mass is 79.9. The van der Waals surface area contributed by atoms with Crippen molar-refractivity contribution in [3.05, 3.63) is 51.1 Å². The minimum atomic E-state index is -0.187. The lowest BCUT2D eigenvalue weighted by molar-refractivity contribution is 0.761. The van der Waals surface area contributed by atoms with Gasteiger partial charge in [-0.1, -0.05) is 28.1 Å². The van der Waals surface area contributed by atoms with Crippen molar-refractivity contribution < 1.29 is 0 Å². The number of H-pyrrole nitrogens is 1. The lowest BCUT2D eigenvalue weighted by Gasteiger charge is -2.00. The molecule has 2 aromatic rings. The van der Waals surface area contributed by atoms with Crippen molar-refractivity contribution >= 4 is 15.9 Å². The topological polar surface area (TPSA) is 50.7 Å². The van der Waals surface area contributed by atoms with Gasteiger partial charge < -0.3 is 0 Å². The fraction of sp³-hybridized carbons (Fsp3) is 0.111. The number of hydrogen-bond donors (Lipinski definition) is 1. The van der Waals surface area contributed by atoms with E-state index >= 15 is 0 Å². The van der Waals surface area contributed by atoms with E-state index in [9.17, 15) is 4.79 Å². The van der Waals surface area contributed by atoms with E-state index in [1.165, 1.54) is 10.9 Å². The Balaban J connectivity index is 2.23. The molecule has 0 radical (unpaired) electrons. The van der Waals surface area contributed by atoms with Crippen molar-refractivity contribution in [2.24, 2.45) is 0 Å². The summed E-state index contributed by atoms with van der Waals surface area (Å²) in [5.74, 6) is 0. The zero-order chi connectivity index (χ0) is 9.97. The van der Waals surface area contributed by atoms with Crippen LogP contribution in [-0.4, -0.2) is 14.8 Å². The van der Waals surface area contributed by atoms with Gasteiger partial charge in [0.1, 0.15) is 6.33 Å². The molecule has 0 saturated heterocycles. The van der Waals surface area contributed by atoms with E-state index in [1.54, 1.807) is 0 Å². The van der Waals surface area contributed by atoms with Gasteiger partial charge in [-0.15, -0.1) is 0 Å². The van der Waals surface area contributed by atoms with Crippen LogP contribution in [0.25, 0.3) is 0 Å². The van der Waals surface area contributed by atoms with E-state index in [0.717, 1.165) is 10.0 Å². The normalized spacial score (nSPS) is 10.4. The number of nitrogens with one attached hydrogen (secondary N) is 1. The summed E-state index contributed by atoms with van der Waals surface area (Å²) in [5.41, 5.74) is 0.879. The third kappa shape index (κ3) is 1.93. The SMILES string of the molecule is O=c1[nH]ncn1Cc1ccc(Br)cc1. The lowest BCUT2D eigenvalue weighted by Crippen LogP contribution is -2.16. The van der Waals surface area contributed by atoms with Crippen molar-refractivity contribution in [3.8, 4) is 0 Å². The molecule has 1 aromatic carbocycles. The molecule has 4 nitrogen and oxygen atoms in total. The minimum Gasteiger partial charge on any atom is -0.277 e. The molecule has 0 aliphatic rings. The highest BCUT2D eigenvalue weighted by Crippen LogP contribution is 2.10. The summed E-state index contributed by atoms with van der Waals surface area (Å²) in [6.45, 7) is 0.544. The number of nitrogens with zero attached hydrogens (tertiary/aromatic N) is 2. The summed E-state index contributed by atoms with van der Waals surface area (Å²) in [5, 5.41) is 6.00. The zero-order valence-electron chi connectivity index (χ0n) is 7.27. The summed E-state index contributed by atoms with van der Waals surface area (Å²) >= 11 is 3.35. The average molecular weight is 254 g/mol. The number of benzene rings is 1. The number of aromatic nitrogens is 3. The van der Waals surface area contributed by atoms with Crippen LogP contribution in [0.3, 0.4) is 0 Å². The van der Waals surface area contributed by atoms with Crippen LogP contribution in [0.5, 0.6) is 0 Å².